The van der Waals surface area contributed by atoms with Crippen LogP contribution < -0.4 is 5.32 Å². The Bertz CT molecular complexity index is 336. The van der Waals surface area contributed by atoms with Crippen molar-refractivity contribution in [3.8, 4) is 0 Å². The zero-order valence-corrected chi connectivity index (χ0v) is 9.90. The highest BCUT2D eigenvalue weighted by atomic mass is 16.2. The van der Waals surface area contributed by atoms with Crippen LogP contribution >= 0.6 is 0 Å². The molecule has 3 aliphatic carbocycles. The Morgan fingerprint density at radius 1 is 1.19 bits per heavy atom. The van der Waals surface area contributed by atoms with E-state index in [0.717, 1.165) is 11.8 Å². The number of amides is 1. The van der Waals surface area contributed by atoms with Gasteiger partial charge in [-0.1, -0.05) is 0 Å². The first-order chi connectivity index (χ1) is 7.59. The number of hydrogen-bond donors (Lipinski definition) is 1. The van der Waals surface area contributed by atoms with Gasteiger partial charge in [-0.2, -0.15) is 0 Å². The van der Waals surface area contributed by atoms with Crippen LogP contribution in [-0.4, -0.2) is 17.7 Å². The predicted molar refractivity (Wildman–Crippen MR) is 59.6 cm³/mol. The molecule has 1 N–H and O–H groups in total. The summed E-state index contributed by atoms with van der Waals surface area (Å²) in [5, 5.41) is 2.85. The predicted octanol–water partition coefficient (Wildman–Crippen LogP) is 1.37. The van der Waals surface area contributed by atoms with Gasteiger partial charge in [-0.15, -0.1) is 0 Å². The fraction of sp³-hybridized carbons (Fsp3) is 0.846. The molecule has 3 saturated carbocycles. The summed E-state index contributed by atoms with van der Waals surface area (Å²) in [5.74, 6) is 3.39. The molecule has 88 valence electrons. The van der Waals surface area contributed by atoms with Crippen molar-refractivity contribution in [1.82, 2.24) is 5.32 Å². The first-order valence-corrected chi connectivity index (χ1v) is 6.40. The van der Waals surface area contributed by atoms with Gasteiger partial charge in [0.2, 0.25) is 5.91 Å². The smallest absolute Gasteiger partial charge is 0.224 e. The summed E-state index contributed by atoms with van der Waals surface area (Å²) >= 11 is 0. The van der Waals surface area contributed by atoms with Crippen LogP contribution in [0.25, 0.3) is 0 Å². The van der Waals surface area contributed by atoms with Crippen LogP contribution in [0.1, 0.15) is 33.1 Å². The molecule has 3 nitrogen and oxygen atoms in total. The van der Waals surface area contributed by atoms with Crippen molar-refractivity contribution < 1.29 is 9.59 Å². The number of ketones is 1. The van der Waals surface area contributed by atoms with E-state index in [4.69, 9.17) is 0 Å². The highest BCUT2D eigenvalue weighted by Gasteiger charge is 2.67. The van der Waals surface area contributed by atoms with E-state index >= 15 is 0 Å². The Morgan fingerprint density at radius 3 is 2.25 bits per heavy atom. The van der Waals surface area contributed by atoms with E-state index in [1.54, 1.807) is 6.92 Å². The Balaban J connectivity index is 1.61. The molecule has 3 fully saturated rings. The molecule has 0 heterocycles. The summed E-state index contributed by atoms with van der Waals surface area (Å²) in [4.78, 5) is 23.1. The minimum atomic E-state index is -0.313. The third kappa shape index (κ3) is 1.33. The minimum Gasteiger partial charge on any atom is -0.346 e. The average molecular weight is 221 g/mol. The fourth-order valence-electron chi connectivity index (χ4n) is 4.09. The van der Waals surface area contributed by atoms with Crippen molar-refractivity contribution in [3.05, 3.63) is 0 Å². The molecule has 16 heavy (non-hydrogen) atoms. The normalized spacial score (nSPS) is 45.0. The van der Waals surface area contributed by atoms with Crippen molar-refractivity contribution in [2.75, 3.05) is 0 Å². The summed E-state index contributed by atoms with van der Waals surface area (Å²) in [5.41, 5.74) is 0. The highest BCUT2D eigenvalue weighted by molar-refractivity contribution is 5.89. The molecule has 0 radical (unpaired) electrons. The minimum absolute atomic E-state index is 0.0436. The van der Waals surface area contributed by atoms with Crippen molar-refractivity contribution in [2.45, 2.75) is 39.2 Å². The van der Waals surface area contributed by atoms with Gasteiger partial charge in [-0.05, 0) is 56.8 Å². The second-order valence-electron chi connectivity index (χ2n) is 5.85. The summed E-state index contributed by atoms with van der Waals surface area (Å²) in [6.45, 7) is 3.30. The standard InChI is InChI=1S/C13H19NO2/c1-6(7(2)15)14-13(16)12-10-8-3-4-9(5-8)11(10)12/h6,8-12H,3-5H2,1-2H3,(H,14,16). The summed E-state index contributed by atoms with van der Waals surface area (Å²) in [6.07, 6.45) is 4.02. The van der Waals surface area contributed by atoms with Gasteiger partial charge in [0.25, 0.3) is 0 Å². The van der Waals surface area contributed by atoms with Gasteiger partial charge in [0.15, 0.2) is 5.78 Å². The second kappa shape index (κ2) is 3.31. The van der Waals surface area contributed by atoms with Gasteiger partial charge in [-0.25, -0.2) is 0 Å². The Kier molecular flexibility index (Phi) is 2.13. The number of nitrogens with one attached hydrogen (secondary N) is 1. The van der Waals surface area contributed by atoms with Crippen molar-refractivity contribution in [3.63, 3.8) is 0 Å². The van der Waals surface area contributed by atoms with Crippen LogP contribution in [-0.2, 0) is 9.59 Å². The van der Waals surface area contributed by atoms with E-state index in [2.05, 4.69) is 5.32 Å². The molecule has 3 aliphatic rings. The van der Waals surface area contributed by atoms with Gasteiger partial charge in [-0.3, -0.25) is 9.59 Å². The largest absolute Gasteiger partial charge is 0.346 e. The Labute approximate surface area is 96.0 Å². The molecule has 3 heteroatoms. The lowest BCUT2D eigenvalue weighted by Crippen LogP contribution is -2.39. The van der Waals surface area contributed by atoms with Gasteiger partial charge in [0, 0.05) is 5.92 Å². The maximum absolute atomic E-state index is 12.0. The number of rotatable bonds is 3. The van der Waals surface area contributed by atoms with Crippen molar-refractivity contribution in [1.29, 1.82) is 0 Å². The van der Waals surface area contributed by atoms with Crippen molar-refractivity contribution >= 4 is 11.7 Å². The Morgan fingerprint density at radius 2 is 1.75 bits per heavy atom. The van der Waals surface area contributed by atoms with E-state index in [0.29, 0.717) is 11.8 Å². The third-order valence-corrected chi connectivity index (χ3v) is 5.01. The number of Topliss-reactive ketones (excluding diaryl/α,β-unsaturated/α-hetero) is 1. The highest BCUT2D eigenvalue weighted by Crippen LogP contribution is 2.69. The maximum atomic E-state index is 12.0. The molecule has 0 aromatic heterocycles. The molecule has 0 saturated heterocycles. The molecule has 3 rings (SSSR count). The van der Waals surface area contributed by atoms with Gasteiger partial charge in [0.1, 0.15) is 0 Å². The van der Waals surface area contributed by atoms with Crippen LogP contribution in [0.3, 0.4) is 0 Å². The van der Waals surface area contributed by atoms with Crippen LogP contribution in [0.2, 0.25) is 0 Å². The molecule has 0 aliphatic heterocycles. The average Bonchev–Trinajstić information content (AvgIpc) is 2.68. The lowest BCUT2D eigenvalue weighted by Gasteiger charge is -2.13. The van der Waals surface area contributed by atoms with E-state index < -0.39 is 0 Å². The molecule has 5 unspecified atom stereocenters. The van der Waals surface area contributed by atoms with Gasteiger partial charge >= 0.3 is 0 Å². The number of carbonyl (C=O) groups is 2. The van der Waals surface area contributed by atoms with Crippen molar-refractivity contribution in [2.24, 2.45) is 29.6 Å². The second-order valence-corrected chi connectivity index (χ2v) is 5.85. The molecule has 0 spiro atoms. The van der Waals surface area contributed by atoms with Crippen LogP contribution in [0.5, 0.6) is 0 Å². The lowest BCUT2D eigenvalue weighted by molar-refractivity contribution is -0.128. The monoisotopic (exact) mass is 221 g/mol. The van der Waals surface area contributed by atoms with E-state index in [1.807, 2.05) is 0 Å². The molecule has 0 aromatic carbocycles. The molecular formula is C13H19NO2. The first-order valence-electron chi connectivity index (χ1n) is 6.40. The fourth-order valence-corrected chi connectivity index (χ4v) is 4.09. The molecular weight excluding hydrogens is 202 g/mol. The summed E-state index contributed by atoms with van der Waals surface area (Å²) in [6, 6.07) is -0.313. The van der Waals surface area contributed by atoms with E-state index in [-0.39, 0.29) is 23.7 Å². The summed E-state index contributed by atoms with van der Waals surface area (Å²) < 4.78 is 0. The summed E-state index contributed by atoms with van der Waals surface area (Å²) in [7, 11) is 0. The number of hydrogen-bond acceptors (Lipinski definition) is 2. The van der Waals surface area contributed by atoms with Crippen LogP contribution in [0.15, 0.2) is 0 Å². The SMILES string of the molecule is CC(=O)C(C)NC(=O)C1C2C3CCC(C3)C12. The Hall–Kier alpha value is -0.860. The zero-order chi connectivity index (χ0) is 11.4. The quantitative estimate of drug-likeness (QED) is 0.782. The van der Waals surface area contributed by atoms with Crippen LogP contribution in [0.4, 0.5) is 0 Å². The topological polar surface area (TPSA) is 46.2 Å². The zero-order valence-electron chi connectivity index (χ0n) is 9.90. The molecule has 1 amide bonds. The lowest BCUT2D eigenvalue weighted by atomic mass is 10.0. The maximum Gasteiger partial charge on any atom is 0.224 e. The third-order valence-electron chi connectivity index (χ3n) is 5.01. The number of fused-ring (bicyclic) bond motifs is 5. The van der Waals surface area contributed by atoms with Gasteiger partial charge < -0.3 is 5.32 Å². The van der Waals surface area contributed by atoms with Crippen LogP contribution in [0, 0.1) is 29.6 Å². The molecule has 0 aromatic rings. The van der Waals surface area contributed by atoms with E-state index in [1.165, 1.54) is 26.2 Å². The molecule has 5 atom stereocenters. The first kappa shape index (κ1) is 10.3. The molecule has 2 bridgehead atoms. The van der Waals surface area contributed by atoms with E-state index in [9.17, 15) is 9.59 Å². The number of carbonyl (C=O) groups excluding carboxylic acids is 2. The van der Waals surface area contributed by atoms with Gasteiger partial charge in [0.05, 0.1) is 6.04 Å².